The number of nitrogens with zero attached hydrogens (tertiary/aromatic N) is 4. The molecule has 2 N–H and O–H groups in total. The minimum absolute atomic E-state index is 0.0924. The second-order valence-corrected chi connectivity index (χ2v) is 9.71. The molecule has 8 nitrogen and oxygen atoms in total. The molecule has 0 saturated heterocycles. The maximum atomic E-state index is 12.0. The van der Waals surface area contributed by atoms with Crippen LogP contribution in [0.1, 0.15) is 52.1 Å². The van der Waals surface area contributed by atoms with Crippen LogP contribution in [0.25, 0.3) is 16.9 Å². The number of aromatic nitrogens is 3. The monoisotopic (exact) mass is 466 g/mol. The van der Waals surface area contributed by atoms with Gasteiger partial charge in [0.05, 0.1) is 11.9 Å². The number of anilines is 1. The summed E-state index contributed by atoms with van der Waals surface area (Å²) in [6.07, 6.45) is 6.45. The van der Waals surface area contributed by atoms with E-state index in [2.05, 4.69) is 21.7 Å². The number of halogens is 1. The molecule has 0 aliphatic heterocycles. The Hall–Kier alpha value is -3.31. The summed E-state index contributed by atoms with van der Waals surface area (Å²) in [6, 6.07) is 9.89. The van der Waals surface area contributed by atoms with Crippen molar-refractivity contribution in [3.05, 3.63) is 47.4 Å². The summed E-state index contributed by atoms with van der Waals surface area (Å²) in [5, 5.41) is 16.6. The summed E-state index contributed by atoms with van der Waals surface area (Å²) in [5.41, 5.74) is 2.16. The van der Waals surface area contributed by atoms with Gasteiger partial charge in [0.15, 0.2) is 11.5 Å². The number of benzene rings is 1. The molecule has 0 spiro atoms. The molecule has 0 radical (unpaired) electrons. The van der Waals surface area contributed by atoms with Crippen LogP contribution in [-0.4, -0.2) is 38.1 Å². The predicted octanol–water partition coefficient (Wildman–Crippen LogP) is 5.17. The van der Waals surface area contributed by atoms with E-state index >= 15 is 0 Å². The van der Waals surface area contributed by atoms with Gasteiger partial charge in [-0.25, -0.2) is 14.8 Å². The molecule has 2 heterocycles. The Labute approximate surface area is 197 Å². The summed E-state index contributed by atoms with van der Waals surface area (Å²) in [7, 11) is 0. The van der Waals surface area contributed by atoms with E-state index in [4.69, 9.17) is 21.3 Å². The average Bonchev–Trinajstić information content (AvgIpc) is 3.20. The summed E-state index contributed by atoms with van der Waals surface area (Å²) >= 11 is 6.01. The van der Waals surface area contributed by atoms with Crippen molar-refractivity contribution in [2.24, 2.45) is 0 Å². The van der Waals surface area contributed by atoms with Crippen molar-refractivity contribution < 1.29 is 9.53 Å². The number of amides is 1. The Morgan fingerprint density at radius 2 is 1.85 bits per heavy atom. The smallest absolute Gasteiger partial charge is 0.407 e. The molecule has 1 aromatic carbocycles. The van der Waals surface area contributed by atoms with Gasteiger partial charge in [-0.3, -0.25) is 4.40 Å². The number of nitriles is 1. The van der Waals surface area contributed by atoms with Crippen LogP contribution in [0.2, 0.25) is 5.02 Å². The van der Waals surface area contributed by atoms with Crippen LogP contribution in [0.4, 0.5) is 10.6 Å². The van der Waals surface area contributed by atoms with E-state index in [0.717, 1.165) is 36.9 Å². The van der Waals surface area contributed by atoms with Gasteiger partial charge in [-0.15, -0.1) is 0 Å². The molecule has 0 atom stereocenters. The number of nitrogens with one attached hydrogen (secondary N) is 2. The summed E-state index contributed by atoms with van der Waals surface area (Å²) in [4.78, 5) is 21.3. The molecule has 0 bridgehead atoms. The number of hydrogen-bond acceptors (Lipinski definition) is 6. The molecule has 33 heavy (non-hydrogen) atoms. The molecule has 9 heteroatoms. The standard InChI is InChI=1S/C24H27ClN6O2/c1-24(2,3)33-23(32)29-18-10-8-17(9-11-18)28-21-22-30-20(15-4-6-16(25)7-5-15)14-31(22)19(12-26)13-27-21/h4-7,13-14,17-18H,8-11H2,1-3H3,(H,27,28)(H,29,32). The molecule has 1 amide bonds. The highest BCUT2D eigenvalue weighted by Gasteiger charge is 2.25. The Balaban J connectivity index is 1.46. The maximum Gasteiger partial charge on any atom is 0.407 e. The third kappa shape index (κ3) is 5.55. The summed E-state index contributed by atoms with van der Waals surface area (Å²) in [5.74, 6) is 0.637. The van der Waals surface area contributed by atoms with Gasteiger partial charge in [0, 0.05) is 28.9 Å². The van der Waals surface area contributed by atoms with Crippen LogP contribution in [0.15, 0.2) is 36.7 Å². The van der Waals surface area contributed by atoms with Gasteiger partial charge in [-0.1, -0.05) is 23.7 Å². The fraction of sp³-hybridized carbons (Fsp3) is 0.417. The quantitative estimate of drug-likeness (QED) is 0.549. The molecule has 1 aliphatic carbocycles. The highest BCUT2D eigenvalue weighted by atomic mass is 35.5. The lowest BCUT2D eigenvalue weighted by Gasteiger charge is -2.30. The fourth-order valence-corrected chi connectivity index (χ4v) is 4.10. The van der Waals surface area contributed by atoms with Crippen molar-refractivity contribution in [1.82, 2.24) is 19.7 Å². The lowest BCUT2D eigenvalue weighted by atomic mass is 9.91. The average molecular weight is 467 g/mol. The highest BCUT2D eigenvalue weighted by molar-refractivity contribution is 6.30. The number of carbonyl (C=O) groups excluding carboxylic acids is 1. The zero-order chi connectivity index (χ0) is 23.6. The third-order valence-electron chi connectivity index (χ3n) is 5.54. The van der Waals surface area contributed by atoms with Crippen LogP contribution in [0, 0.1) is 11.3 Å². The van der Waals surface area contributed by atoms with Crippen molar-refractivity contribution in [3.63, 3.8) is 0 Å². The van der Waals surface area contributed by atoms with E-state index in [9.17, 15) is 10.1 Å². The molecule has 3 aromatic rings. The first kappa shape index (κ1) is 22.9. The Morgan fingerprint density at radius 3 is 2.48 bits per heavy atom. The van der Waals surface area contributed by atoms with Crippen molar-refractivity contribution in [1.29, 1.82) is 5.26 Å². The second-order valence-electron chi connectivity index (χ2n) is 9.27. The van der Waals surface area contributed by atoms with Crippen LogP contribution >= 0.6 is 11.6 Å². The summed E-state index contributed by atoms with van der Waals surface area (Å²) in [6.45, 7) is 5.56. The first-order valence-electron chi connectivity index (χ1n) is 11.0. The van der Waals surface area contributed by atoms with E-state index < -0.39 is 5.60 Å². The van der Waals surface area contributed by atoms with E-state index in [1.165, 1.54) is 0 Å². The number of ether oxygens (including phenoxy) is 1. The topological polar surface area (TPSA) is 104 Å². The minimum Gasteiger partial charge on any atom is -0.444 e. The zero-order valence-corrected chi connectivity index (χ0v) is 19.7. The largest absolute Gasteiger partial charge is 0.444 e. The molecular weight excluding hydrogens is 440 g/mol. The molecule has 0 unspecified atom stereocenters. The molecule has 172 valence electrons. The van der Waals surface area contributed by atoms with Gasteiger partial charge in [0.25, 0.3) is 0 Å². The molecule has 2 aromatic heterocycles. The third-order valence-corrected chi connectivity index (χ3v) is 5.79. The van der Waals surface area contributed by atoms with Crippen molar-refractivity contribution in [2.45, 2.75) is 64.1 Å². The van der Waals surface area contributed by atoms with Crippen molar-refractivity contribution in [2.75, 3.05) is 5.32 Å². The second kappa shape index (κ2) is 9.28. The van der Waals surface area contributed by atoms with Crippen molar-refractivity contribution >= 4 is 29.2 Å². The highest BCUT2D eigenvalue weighted by Crippen LogP contribution is 2.27. The maximum absolute atomic E-state index is 12.0. The lowest BCUT2D eigenvalue weighted by Crippen LogP contribution is -2.42. The summed E-state index contributed by atoms with van der Waals surface area (Å²) < 4.78 is 7.12. The van der Waals surface area contributed by atoms with Crippen LogP contribution in [0.3, 0.4) is 0 Å². The van der Waals surface area contributed by atoms with E-state index in [1.807, 2.05) is 51.2 Å². The molecule has 1 saturated carbocycles. The van der Waals surface area contributed by atoms with Crippen LogP contribution < -0.4 is 10.6 Å². The fourth-order valence-electron chi connectivity index (χ4n) is 3.97. The van der Waals surface area contributed by atoms with Gasteiger partial charge < -0.3 is 15.4 Å². The number of alkyl carbamates (subject to hydrolysis) is 1. The minimum atomic E-state index is -0.509. The lowest BCUT2D eigenvalue weighted by molar-refractivity contribution is 0.0492. The molecule has 4 rings (SSSR count). The molecular formula is C24H27ClN6O2. The zero-order valence-electron chi connectivity index (χ0n) is 18.9. The van der Waals surface area contributed by atoms with E-state index in [-0.39, 0.29) is 18.2 Å². The Morgan fingerprint density at radius 1 is 1.18 bits per heavy atom. The number of fused-ring (bicyclic) bond motifs is 1. The normalized spacial score (nSPS) is 18.5. The number of hydrogen-bond donors (Lipinski definition) is 2. The van der Waals surface area contributed by atoms with Gasteiger partial charge in [0.2, 0.25) is 0 Å². The Bertz CT molecular complexity index is 1180. The van der Waals surface area contributed by atoms with Gasteiger partial charge in [-0.05, 0) is 58.6 Å². The number of carbonyl (C=O) groups is 1. The molecule has 1 fully saturated rings. The van der Waals surface area contributed by atoms with E-state index in [1.54, 1.807) is 10.6 Å². The van der Waals surface area contributed by atoms with Crippen LogP contribution in [-0.2, 0) is 4.74 Å². The van der Waals surface area contributed by atoms with Crippen molar-refractivity contribution in [3.8, 4) is 17.3 Å². The van der Waals surface area contributed by atoms with Gasteiger partial charge in [0.1, 0.15) is 17.4 Å². The SMILES string of the molecule is CC(C)(C)OC(=O)NC1CCC(Nc2ncc(C#N)n3cc(-c4ccc(Cl)cc4)nc23)CC1. The number of rotatable bonds is 4. The number of imidazole rings is 1. The van der Waals surface area contributed by atoms with E-state index in [0.29, 0.717) is 22.2 Å². The van der Waals surface area contributed by atoms with Gasteiger partial charge in [-0.2, -0.15) is 5.26 Å². The first-order chi connectivity index (χ1) is 15.7. The van der Waals surface area contributed by atoms with Gasteiger partial charge >= 0.3 is 6.09 Å². The Kier molecular flexibility index (Phi) is 6.43. The first-order valence-corrected chi connectivity index (χ1v) is 11.4. The van der Waals surface area contributed by atoms with Crippen LogP contribution in [0.5, 0.6) is 0 Å². The molecule has 1 aliphatic rings. The predicted molar refractivity (Wildman–Crippen MR) is 127 cm³/mol.